The number of urea groups is 1. The van der Waals surface area contributed by atoms with Crippen LogP contribution < -0.4 is 15.5 Å². The van der Waals surface area contributed by atoms with Gasteiger partial charge in [-0.1, -0.05) is 12.1 Å². The molecule has 1 aromatic carbocycles. The summed E-state index contributed by atoms with van der Waals surface area (Å²) in [6, 6.07) is 7.23. The minimum atomic E-state index is -0.419. The van der Waals surface area contributed by atoms with E-state index in [2.05, 4.69) is 10.6 Å². The minimum absolute atomic E-state index is 0.0234. The van der Waals surface area contributed by atoms with E-state index in [1.807, 2.05) is 43.3 Å². The SMILES string of the molecule is CN(C)c1ccc([C@H]2NC(=O)NC3=C2C(=O)N(C[C@@H]2CCCO2)C3)cc1. The highest BCUT2D eigenvalue weighted by atomic mass is 16.5. The van der Waals surface area contributed by atoms with E-state index in [0.29, 0.717) is 24.4 Å². The molecule has 0 radical (unpaired) electrons. The van der Waals surface area contributed by atoms with E-state index in [4.69, 9.17) is 4.74 Å². The molecule has 0 saturated carbocycles. The Morgan fingerprint density at radius 2 is 2.00 bits per heavy atom. The lowest BCUT2D eigenvalue weighted by Gasteiger charge is -2.26. The number of carbonyl (C=O) groups excluding carboxylic acids is 2. The van der Waals surface area contributed by atoms with E-state index in [1.54, 1.807) is 4.90 Å². The van der Waals surface area contributed by atoms with Crippen molar-refractivity contribution < 1.29 is 14.3 Å². The number of nitrogens with one attached hydrogen (secondary N) is 2. The smallest absolute Gasteiger partial charge is 0.319 e. The van der Waals surface area contributed by atoms with Crippen LogP contribution >= 0.6 is 0 Å². The number of anilines is 1. The maximum Gasteiger partial charge on any atom is 0.319 e. The van der Waals surface area contributed by atoms with Crippen LogP contribution in [0.2, 0.25) is 0 Å². The number of hydrogen-bond donors (Lipinski definition) is 2. The standard InChI is InChI=1S/C19H24N4O3/c1-22(2)13-7-5-12(6-8-13)17-16-15(20-19(25)21-17)11-23(18(16)24)10-14-4-3-9-26-14/h5-8,14,17H,3-4,9-11H2,1-2H3,(H2,20,21,25)/t14-,17+/m0/s1. The molecule has 4 rings (SSSR count). The van der Waals surface area contributed by atoms with Crippen molar-refractivity contribution in [3.8, 4) is 0 Å². The first-order valence-electron chi connectivity index (χ1n) is 9.01. The highest BCUT2D eigenvalue weighted by Gasteiger charge is 2.41. The molecule has 3 amide bonds. The van der Waals surface area contributed by atoms with Gasteiger partial charge in [0.05, 0.1) is 30.0 Å². The molecule has 3 aliphatic rings. The van der Waals surface area contributed by atoms with E-state index in [0.717, 1.165) is 30.7 Å². The Morgan fingerprint density at radius 1 is 1.23 bits per heavy atom. The highest BCUT2D eigenvalue weighted by Crippen LogP contribution is 2.33. The lowest BCUT2D eigenvalue weighted by molar-refractivity contribution is -0.127. The Morgan fingerprint density at radius 3 is 2.65 bits per heavy atom. The van der Waals surface area contributed by atoms with Gasteiger partial charge in [0.1, 0.15) is 0 Å². The predicted molar refractivity (Wildman–Crippen MR) is 97.8 cm³/mol. The zero-order valence-corrected chi connectivity index (χ0v) is 15.1. The van der Waals surface area contributed by atoms with E-state index in [1.165, 1.54) is 0 Å². The number of ether oxygens (including phenoxy) is 1. The average Bonchev–Trinajstić information content (AvgIpc) is 3.23. The Kier molecular flexibility index (Phi) is 4.32. The van der Waals surface area contributed by atoms with Crippen LogP contribution in [0.3, 0.4) is 0 Å². The molecule has 0 aliphatic carbocycles. The number of rotatable bonds is 4. The maximum atomic E-state index is 13.0. The van der Waals surface area contributed by atoms with Crippen molar-refractivity contribution in [1.82, 2.24) is 15.5 Å². The van der Waals surface area contributed by atoms with Crippen LogP contribution in [0.1, 0.15) is 24.4 Å². The van der Waals surface area contributed by atoms with Crippen LogP contribution in [0.15, 0.2) is 35.5 Å². The van der Waals surface area contributed by atoms with Gasteiger partial charge in [-0.25, -0.2) is 4.79 Å². The van der Waals surface area contributed by atoms with Crippen molar-refractivity contribution >= 4 is 17.6 Å². The monoisotopic (exact) mass is 356 g/mol. The van der Waals surface area contributed by atoms with Crippen LogP contribution in [-0.2, 0) is 9.53 Å². The van der Waals surface area contributed by atoms with Gasteiger partial charge in [0.2, 0.25) is 0 Å². The van der Waals surface area contributed by atoms with Gasteiger partial charge in [0, 0.05) is 32.9 Å². The number of hydrogen-bond acceptors (Lipinski definition) is 4. The zero-order valence-electron chi connectivity index (χ0n) is 15.1. The van der Waals surface area contributed by atoms with Crippen LogP contribution in [0.4, 0.5) is 10.5 Å². The molecule has 3 aliphatic heterocycles. The zero-order chi connectivity index (χ0) is 18.3. The fourth-order valence-electron chi connectivity index (χ4n) is 3.82. The number of benzene rings is 1. The topological polar surface area (TPSA) is 73.9 Å². The third kappa shape index (κ3) is 3.03. The quantitative estimate of drug-likeness (QED) is 0.855. The molecule has 0 spiro atoms. The average molecular weight is 356 g/mol. The number of amides is 3. The summed E-state index contributed by atoms with van der Waals surface area (Å²) in [6.45, 7) is 1.78. The van der Waals surface area contributed by atoms with Crippen LogP contribution in [0, 0.1) is 0 Å². The summed E-state index contributed by atoms with van der Waals surface area (Å²) in [5.41, 5.74) is 3.32. The van der Waals surface area contributed by atoms with Gasteiger partial charge in [0.15, 0.2) is 0 Å². The summed E-state index contributed by atoms with van der Waals surface area (Å²) >= 11 is 0. The predicted octanol–water partition coefficient (Wildman–Crippen LogP) is 1.38. The molecule has 0 aromatic heterocycles. The Bertz CT molecular complexity index is 751. The summed E-state index contributed by atoms with van der Waals surface area (Å²) in [4.78, 5) is 28.9. The second kappa shape index (κ2) is 6.64. The Balaban J connectivity index is 1.58. The van der Waals surface area contributed by atoms with Gasteiger partial charge in [-0.05, 0) is 30.5 Å². The molecule has 138 valence electrons. The van der Waals surface area contributed by atoms with Crippen molar-refractivity contribution in [3.05, 3.63) is 41.1 Å². The van der Waals surface area contributed by atoms with E-state index in [9.17, 15) is 9.59 Å². The van der Waals surface area contributed by atoms with Gasteiger partial charge >= 0.3 is 6.03 Å². The third-order valence-electron chi connectivity index (χ3n) is 5.21. The van der Waals surface area contributed by atoms with Crippen LogP contribution in [0.25, 0.3) is 0 Å². The van der Waals surface area contributed by atoms with Gasteiger partial charge < -0.3 is 25.2 Å². The molecule has 7 heteroatoms. The first kappa shape index (κ1) is 16.9. The molecule has 2 atom stereocenters. The summed E-state index contributed by atoms with van der Waals surface area (Å²) < 4.78 is 5.66. The molecule has 1 aromatic rings. The molecule has 1 saturated heterocycles. The first-order valence-corrected chi connectivity index (χ1v) is 9.01. The molecule has 0 unspecified atom stereocenters. The summed E-state index contributed by atoms with van der Waals surface area (Å²) in [7, 11) is 3.96. The van der Waals surface area contributed by atoms with E-state index in [-0.39, 0.29) is 18.0 Å². The first-order chi connectivity index (χ1) is 12.5. The second-order valence-electron chi connectivity index (χ2n) is 7.23. The number of nitrogens with zero attached hydrogens (tertiary/aromatic N) is 2. The van der Waals surface area contributed by atoms with Crippen molar-refractivity contribution in [1.29, 1.82) is 0 Å². The fourth-order valence-corrected chi connectivity index (χ4v) is 3.82. The second-order valence-corrected chi connectivity index (χ2v) is 7.23. The number of carbonyl (C=O) groups is 2. The molecule has 3 heterocycles. The van der Waals surface area contributed by atoms with E-state index >= 15 is 0 Å². The molecule has 2 N–H and O–H groups in total. The molecule has 0 bridgehead atoms. The van der Waals surface area contributed by atoms with Crippen molar-refractivity contribution in [2.24, 2.45) is 0 Å². The summed E-state index contributed by atoms with van der Waals surface area (Å²) in [5.74, 6) is -0.0234. The van der Waals surface area contributed by atoms with Gasteiger partial charge in [-0.2, -0.15) is 0 Å². The van der Waals surface area contributed by atoms with Gasteiger partial charge in [0.25, 0.3) is 5.91 Å². The van der Waals surface area contributed by atoms with Gasteiger partial charge in [-0.15, -0.1) is 0 Å². The largest absolute Gasteiger partial charge is 0.378 e. The fraction of sp³-hybridized carbons (Fsp3) is 0.474. The Hall–Kier alpha value is -2.54. The minimum Gasteiger partial charge on any atom is -0.378 e. The molecular weight excluding hydrogens is 332 g/mol. The lowest BCUT2D eigenvalue weighted by Crippen LogP contribution is -2.44. The third-order valence-corrected chi connectivity index (χ3v) is 5.21. The molecule has 7 nitrogen and oxygen atoms in total. The molecular formula is C19H24N4O3. The van der Waals surface area contributed by atoms with Crippen molar-refractivity contribution in [3.63, 3.8) is 0 Å². The Labute approximate surface area is 153 Å². The van der Waals surface area contributed by atoms with Crippen LogP contribution in [0.5, 0.6) is 0 Å². The molecule has 1 fully saturated rings. The van der Waals surface area contributed by atoms with Crippen molar-refractivity contribution in [2.75, 3.05) is 38.7 Å². The summed E-state index contributed by atoms with van der Waals surface area (Å²) in [6.07, 6.45) is 2.12. The maximum absolute atomic E-state index is 13.0. The normalized spacial score (nSPS) is 25.2. The van der Waals surface area contributed by atoms with Gasteiger partial charge in [-0.3, -0.25) is 4.79 Å². The lowest BCUT2D eigenvalue weighted by atomic mass is 9.96. The van der Waals surface area contributed by atoms with Crippen molar-refractivity contribution in [2.45, 2.75) is 25.0 Å². The molecule has 26 heavy (non-hydrogen) atoms. The summed E-state index contributed by atoms with van der Waals surface area (Å²) in [5, 5.41) is 5.71. The highest BCUT2D eigenvalue weighted by molar-refractivity contribution is 6.01. The van der Waals surface area contributed by atoms with Crippen LogP contribution in [-0.4, -0.2) is 56.7 Å². The van der Waals surface area contributed by atoms with E-state index < -0.39 is 6.04 Å².